The van der Waals surface area contributed by atoms with Crippen LogP contribution in [0.5, 0.6) is 0 Å². The van der Waals surface area contributed by atoms with Gasteiger partial charge in [-0.05, 0) is 58.3 Å². The average molecular weight is 388 g/mol. The largest absolute Gasteiger partial charge is 0.466 e. The molecule has 0 spiro atoms. The summed E-state index contributed by atoms with van der Waals surface area (Å²) in [6, 6.07) is 0.312. The van der Waals surface area contributed by atoms with Gasteiger partial charge in [-0.1, -0.05) is 25.7 Å². The minimum atomic E-state index is -0.222. The van der Waals surface area contributed by atoms with Gasteiger partial charge in [0.15, 0.2) is 5.69 Å². The third-order valence-corrected chi connectivity index (χ3v) is 6.77. The second-order valence-electron chi connectivity index (χ2n) is 8.59. The highest BCUT2D eigenvalue weighted by Crippen LogP contribution is 2.34. The Balaban J connectivity index is 1.54. The van der Waals surface area contributed by atoms with Crippen molar-refractivity contribution in [3.8, 4) is 0 Å². The number of ether oxygens (including phenoxy) is 1. The molecule has 28 heavy (non-hydrogen) atoms. The van der Waals surface area contributed by atoms with Crippen LogP contribution in [0, 0.1) is 5.92 Å². The maximum absolute atomic E-state index is 13.2. The Morgan fingerprint density at radius 2 is 1.82 bits per heavy atom. The number of nitrogens with zero attached hydrogens (tertiary/aromatic N) is 2. The van der Waals surface area contributed by atoms with Crippen LogP contribution >= 0.6 is 0 Å². The molecule has 2 fully saturated rings. The van der Waals surface area contributed by atoms with Gasteiger partial charge in [0, 0.05) is 17.3 Å². The number of hydrogen-bond acceptors (Lipinski definition) is 4. The lowest BCUT2D eigenvalue weighted by Gasteiger charge is -2.25. The molecule has 4 rings (SSSR count). The van der Waals surface area contributed by atoms with Crippen LogP contribution in [0.3, 0.4) is 0 Å². The third-order valence-electron chi connectivity index (χ3n) is 6.77. The summed E-state index contributed by atoms with van der Waals surface area (Å²) >= 11 is 0. The fourth-order valence-corrected chi connectivity index (χ4v) is 5.34. The Bertz CT molecular complexity index is 721. The maximum Gasteiger partial charge on any atom is 0.311 e. The van der Waals surface area contributed by atoms with E-state index in [0.29, 0.717) is 18.3 Å². The molecule has 0 unspecified atom stereocenters. The van der Waals surface area contributed by atoms with Crippen LogP contribution in [-0.2, 0) is 22.4 Å². The van der Waals surface area contributed by atoms with Crippen molar-refractivity contribution in [2.45, 2.75) is 96.1 Å². The van der Waals surface area contributed by atoms with Gasteiger partial charge in [-0.15, -0.1) is 0 Å². The molecule has 6 heteroatoms. The van der Waals surface area contributed by atoms with Crippen molar-refractivity contribution in [3.63, 3.8) is 0 Å². The Morgan fingerprint density at radius 3 is 2.61 bits per heavy atom. The van der Waals surface area contributed by atoms with Crippen molar-refractivity contribution in [1.82, 2.24) is 15.1 Å². The van der Waals surface area contributed by atoms with E-state index in [1.807, 2.05) is 6.92 Å². The molecule has 1 aromatic rings. The van der Waals surface area contributed by atoms with E-state index in [1.54, 1.807) is 0 Å². The number of rotatable bonds is 5. The minimum absolute atomic E-state index is 0.103. The molecule has 1 aromatic heterocycles. The van der Waals surface area contributed by atoms with E-state index in [1.165, 1.54) is 44.2 Å². The Hall–Kier alpha value is -1.85. The molecule has 0 saturated heterocycles. The van der Waals surface area contributed by atoms with Crippen LogP contribution in [0.25, 0.3) is 0 Å². The number of carbonyl (C=O) groups excluding carboxylic acids is 2. The molecule has 1 heterocycles. The smallest absolute Gasteiger partial charge is 0.311 e. The van der Waals surface area contributed by atoms with Gasteiger partial charge in [-0.3, -0.25) is 14.3 Å². The molecular formula is C22H33N3O3. The predicted octanol–water partition coefficient (Wildman–Crippen LogP) is 3.73. The number of carbonyl (C=O) groups is 2. The lowest BCUT2D eigenvalue weighted by molar-refractivity contribution is -0.148. The topological polar surface area (TPSA) is 73.2 Å². The van der Waals surface area contributed by atoms with Gasteiger partial charge in [0.05, 0.1) is 18.6 Å². The predicted molar refractivity (Wildman–Crippen MR) is 106 cm³/mol. The fourth-order valence-electron chi connectivity index (χ4n) is 5.34. The Labute approximate surface area is 167 Å². The molecule has 0 bridgehead atoms. The lowest BCUT2D eigenvalue weighted by Crippen LogP contribution is -2.41. The first-order valence-corrected chi connectivity index (χ1v) is 11.3. The number of fused-ring (bicyclic) bond motifs is 1. The summed E-state index contributed by atoms with van der Waals surface area (Å²) in [6.07, 6.45) is 13.0. The number of aromatic nitrogens is 2. The zero-order valence-electron chi connectivity index (χ0n) is 17.0. The second kappa shape index (κ2) is 8.66. The van der Waals surface area contributed by atoms with Gasteiger partial charge in [-0.25, -0.2) is 0 Å². The van der Waals surface area contributed by atoms with Crippen LogP contribution < -0.4 is 5.32 Å². The Kier molecular flexibility index (Phi) is 6.02. The molecule has 2 saturated carbocycles. The van der Waals surface area contributed by atoms with E-state index in [4.69, 9.17) is 9.84 Å². The summed E-state index contributed by atoms with van der Waals surface area (Å²) in [4.78, 5) is 25.4. The quantitative estimate of drug-likeness (QED) is 0.782. The first-order chi connectivity index (χ1) is 13.7. The Morgan fingerprint density at radius 1 is 1.04 bits per heavy atom. The highest BCUT2D eigenvalue weighted by Gasteiger charge is 2.36. The summed E-state index contributed by atoms with van der Waals surface area (Å²) in [6.45, 7) is 2.21. The summed E-state index contributed by atoms with van der Waals surface area (Å²) in [5.41, 5.74) is 3.05. The molecule has 1 N–H and O–H groups in total. The van der Waals surface area contributed by atoms with Crippen molar-refractivity contribution >= 4 is 11.9 Å². The summed E-state index contributed by atoms with van der Waals surface area (Å²) in [5.74, 6) is -0.505. The maximum atomic E-state index is 13.2. The molecule has 3 aliphatic rings. The molecule has 2 atom stereocenters. The van der Waals surface area contributed by atoms with Gasteiger partial charge in [0.2, 0.25) is 0 Å². The van der Waals surface area contributed by atoms with Crippen molar-refractivity contribution in [1.29, 1.82) is 0 Å². The van der Waals surface area contributed by atoms with Crippen LogP contribution in [0.4, 0.5) is 0 Å². The van der Waals surface area contributed by atoms with Gasteiger partial charge < -0.3 is 10.1 Å². The van der Waals surface area contributed by atoms with Crippen molar-refractivity contribution in [2.75, 3.05) is 6.61 Å². The van der Waals surface area contributed by atoms with Crippen LogP contribution in [0.2, 0.25) is 0 Å². The van der Waals surface area contributed by atoms with E-state index in [0.717, 1.165) is 44.1 Å². The standard InChI is InChI=1S/C22H33N3O3/c1-2-28-22(27)16-12-8-13-18(16)23-21(26)20-17-11-6-7-14-19(17)25(24-20)15-9-4-3-5-10-15/h15-16,18H,2-14H2,1H3,(H,23,26)/t16-,18-/m0/s1. The van der Waals surface area contributed by atoms with Gasteiger partial charge in [0.25, 0.3) is 5.91 Å². The normalized spacial score (nSPS) is 25.3. The van der Waals surface area contributed by atoms with Crippen molar-refractivity contribution in [2.24, 2.45) is 5.92 Å². The van der Waals surface area contributed by atoms with E-state index >= 15 is 0 Å². The van der Waals surface area contributed by atoms with Crippen molar-refractivity contribution < 1.29 is 14.3 Å². The summed E-state index contributed by atoms with van der Waals surface area (Å²) in [7, 11) is 0. The molecular weight excluding hydrogens is 354 g/mol. The van der Waals surface area contributed by atoms with Crippen LogP contribution in [0.15, 0.2) is 0 Å². The number of nitrogens with one attached hydrogen (secondary N) is 1. The minimum Gasteiger partial charge on any atom is -0.466 e. The van der Waals surface area contributed by atoms with Crippen LogP contribution in [-0.4, -0.2) is 34.3 Å². The van der Waals surface area contributed by atoms with Gasteiger partial charge in [0.1, 0.15) is 0 Å². The molecule has 0 aliphatic heterocycles. The molecule has 0 aromatic carbocycles. The SMILES string of the molecule is CCOC(=O)[C@H]1CCC[C@@H]1NC(=O)c1nn(C2CCCCC2)c2c1CCCC2. The zero-order chi connectivity index (χ0) is 19.5. The van der Waals surface area contributed by atoms with Crippen molar-refractivity contribution in [3.05, 3.63) is 17.0 Å². The van der Waals surface area contributed by atoms with E-state index in [9.17, 15) is 9.59 Å². The number of hydrogen-bond donors (Lipinski definition) is 1. The molecule has 0 radical (unpaired) electrons. The lowest BCUT2D eigenvalue weighted by atomic mass is 9.92. The highest BCUT2D eigenvalue weighted by molar-refractivity contribution is 5.94. The summed E-state index contributed by atoms with van der Waals surface area (Å²) < 4.78 is 7.40. The second-order valence-corrected chi connectivity index (χ2v) is 8.59. The van der Waals surface area contributed by atoms with E-state index in [-0.39, 0.29) is 23.8 Å². The fraction of sp³-hybridized carbons (Fsp3) is 0.773. The van der Waals surface area contributed by atoms with Gasteiger partial charge >= 0.3 is 5.97 Å². The first kappa shape index (κ1) is 19.5. The van der Waals surface area contributed by atoms with E-state index in [2.05, 4.69) is 10.00 Å². The monoisotopic (exact) mass is 387 g/mol. The molecule has 3 aliphatic carbocycles. The molecule has 1 amide bonds. The van der Waals surface area contributed by atoms with Gasteiger partial charge in [-0.2, -0.15) is 5.10 Å². The van der Waals surface area contributed by atoms with E-state index < -0.39 is 0 Å². The average Bonchev–Trinajstić information content (AvgIpc) is 3.33. The number of esters is 1. The molecule has 6 nitrogen and oxygen atoms in total. The zero-order valence-corrected chi connectivity index (χ0v) is 17.0. The number of amides is 1. The summed E-state index contributed by atoms with van der Waals surface area (Å²) in [5, 5.41) is 7.99. The highest BCUT2D eigenvalue weighted by atomic mass is 16.5. The third kappa shape index (κ3) is 3.83. The molecule has 154 valence electrons. The van der Waals surface area contributed by atoms with Crippen LogP contribution in [0.1, 0.15) is 98.9 Å². The first-order valence-electron chi connectivity index (χ1n) is 11.3.